The lowest BCUT2D eigenvalue weighted by molar-refractivity contribution is 0.415. The first-order valence-electron chi connectivity index (χ1n) is 6.30. The number of benzene rings is 2. The van der Waals surface area contributed by atoms with Crippen LogP contribution in [0, 0.1) is 6.92 Å². The summed E-state index contributed by atoms with van der Waals surface area (Å²) in [4.78, 5) is 4.32. The van der Waals surface area contributed by atoms with Crippen LogP contribution in [0.5, 0.6) is 5.75 Å². The summed E-state index contributed by atoms with van der Waals surface area (Å²) < 4.78 is 5.09. The monoisotopic (exact) mass is 285 g/mol. The van der Waals surface area contributed by atoms with E-state index >= 15 is 0 Å². The Morgan fingerprint density at radius 3 is 2.30 bits per heavy atom. The van der Waals surface area contributed by atoms with E-state index < -0.39 is 0 Å². The Morgan fingerprint density at radius 1 is 1.05 bits per heavy atom. The van der Waals surface area contributed by atoms with E-state index in [4.69, 9.17) is 16.3 Å². The van der Waals surface area contributed by atoms with E-state index in [2.05, 4.69) is 4.99 Å². The van der Waals surface area contributed by atoms with Crippen molar-refractivity contribution in [2.24, 2.45) is 4.99 Å². The molecule has 0 aliphatic rings. The van der Waals surface area contributed by atoms with Gasteiger partial charge < -0.3 is 4.74 Å². The van der Waals surface area contributed by atoms with E-state index in [-0.39, 0.29) is 0 Å². The van der Waals surface area contributed by atoms with Crippen molar-refractivity contribution in [3.05, 3.63) is 65.7 Å². The van der Waals surface area contributed by atoms with Crippen molar-refractivity contribution in [1.29, 1.82) is 0 Å². The molecule has 3 heteroatoms. The van der Waals surface area contributed by atoms with Gasteiger partial charge in [-0.15, -0.1) is 0 Å². The first kappa shape index (κ1) is 14.4. The fourth-order valence-corrected chi connectivity index (χ4v) is 1.85. The zero-order valence-electron chi connectivity index (χ0n) is 11.5. The van der Waals surface area contributed by atoms with Crippen LogP contribution in [0.15, 0.2) is 59.6 Å². The van der Waals surface area contributed by atoms with Gasteiger partial charge in [0.2, 0.25) is 0 Å². The lowest BCUT2D eigenvalue weighted by Gasteiger charge is -1.99. The number of halogens is 1. The maximum absolute atomic E-state index is 6.22. The summed E-state index contributed by atoms with van der Waals surface area (Å²) in [6.45, 7) is 2.05. The molecule has 0 radical (unpaired) electrons. The Morgan fingerprint density at radius 2 is 1.70 bits per heavy atom. The third-order valence-electron chi connectivity index (χ3n) is 2.84. The average molecular weight is 286 g/mol. The van der Waals surface area contributed by atoms with Gasteiger partial charge in [-0.05, 0) is 42.8 Å². The van der Waals surface area contributed by atoms with Gasteiger partial charge in [-0.2, -0.15) is 0 Å². The molecule has 0 amide bonds. The molecule has 0 aliphatic heterocycles. The van der Waals surface area contributed by atoms with Gasteiger partial charge in [-0.3, -0.25) is 4.99 Å². The lowest BCUT2D eigenvalue weighted by Crippen LogP contribution is -1.80. The van der Waals surface area contributed by atoms with Crippen molar-refractivity contribution < 1.29 is 4.74 Å². The maximum atomic E-state index is 6.22. The van der Waals surface area contributed by atoms with Crippen molar-refractivity contribution in [3.63, 3.8) is 0 Å². The summed E-state index contributed by atoms with van der Waals surface area (Å²) in [5.41, 5.74) is 3.05. The Labute approximate surface area is 124 Å². The Hall–Kier alpha value is -2.06. The van der Waals surface area contributed by atoms with Crippen molar-refractivity contribution in [2.75, 3.05) is 7.11 Å². The van der Waals surface area contributed by atoms with Crippen LogP contribution in [0.4, 0.5) is 5.69 Å². The second kappa shape index (κ2) is 6.92. The minimum absolute atomic E-state index is 0.669. The molecule has 2 aromatic carbocycles. The van der Waals surface area contributed by atoms with Crippen molar-refractivity contribution in [1.82, 2.24) is 0 Å². The normalized spacial score (nSPS) is 11.8. The summed E-state index contributed by atoms with van der Waals surface area (Å²) in [5, 5.41) is 0.669. The zero-order valence-corrected chi connectivity index (χ0v) is 12.3. The van der Waals surface area contributed by atoms with Gasteiger partial charge in [0.1, 0.15) is 5.75 Å². The minimum atomic E-state index is 0.669. The molecule has 2 aromatic rings. The van der Waals surface area contributed by atoms with E-state index in [9.17, 15) is 0 Å². The highest BCUT2D eigenvalue weighted by Gasteiger charge is 1.96. The Bertz CT molecular complexity index is 612. The summed E-state index contributed by atoms with van der Waals surface area (Å²) >= 11 is 6.22. The molecule has 0 unspecified atom stereocenters. The molecular weight excluding hydrogens is 270 g/mol. The summed E-state index contributed by atoms with van der Waals surface area (Å²) in [6, 6.07) is 15.6. The topological polar surface area (TPSA) is 21.6 Å². The molecule has 0 heterocycles. The lowest BCUT2D eigenvalue weighted by atomic mass is 10.1. The van der Waals surface area contributed by atoms with Crippen LogP contribution >= 0.6 is 11.6 Å². The number of methoxy groups -OCH3 is 1. The van der Waals surface area contributed by atoms with Gasteiger partial charge in [0.25, 0.3) is 0 Å². The quantitative estimate of drug-likeness (QED) is 0.726. The zero-order chi connectivity index (χ0) is 14.4. The van der Waals surface area contributed by atoms with Crippen LogP contribution in [-0.4, -0.2) is 13.3 Å². The molecule has 0 aliphatic carbocycles. The molecule has 2 rings (SSSR count). The van der Waals surface area contributed by atoms with Gasteiger partial charge in [-0.25, -0.2) is 0 Å². The average Bonchev–Trinajstić information content (AvgIpc) is 2.48. The predicted octanol–water partition coefficient (Wildman–Crippen LogP) is 4.99. The van der Waals surface area contributed by atoms with Crippen LogP contribution in [0.2, 0.25) is 0 Å². The highest BCUT2D eigenvalue weighted by Crippen LogP contribution is 2.20. The number of hydrogen-bond acceptors (Lipinski definition) is 2. The molecule has 0 saturated carbocycles. The molecule has 0 N–H and O–H groups in total. The SMILES string of the molecule is COc1ccc(N=C/C=C(\Cl)c2ccc(C)cc2)cc1. The molecular formula is C17H16ClNO. The fourth-order valence-electron chi connectivity index (χ4n) is 1.67. The van der Waals surface area contributed by atoms with Crippen molar-refractivity contribution >= 4 is 28.5 Å². The number of aliphatic imine (C=N–C) groups is 1. The highest BCUT2D eigenvalue weighted by molar-refractivity contribution is 6.49. The number of nitrogens with zero attached hydrogens (tertiary/aromatic N) is 1. The van der Waals surface area contributed by atoms with Gasteiger partial charge in [0.05, 0.1) is 12.8 Å². The molecule has 0 bridgehead atoms. The number of aryl methyl sites for hydroxylation is 1. The van der Waals surface area contributed by atoms with E-state index in [0.717, 1.165) is 17.0 Å². The van der Waals surface area contributed by atoms with Crippen molar-refractivity contribution in [2.45, 2.75) is 6.92 Å². The number of allylic oxidation sites excluding steroid dienone is 1. The summed E-state index contributed by atoms with van der Waals surface area (Å²) in [5.74, 6) is 0.817. The molecule has 20 heavy (non-hydrogen) atoms. The molecule has 0 spiro atoms. The second-order valence-corrected chi connectivity index (χ2v) is 4.76. The van der Waals surface area contributed by atoms with Crippen LogP contribution in [-0.2, 0) is 0 Å². The molecule has 102 valence electrons. The van der Waals surface area contributed by atoms with Crippen LogP contribution < -0.4 is 4.74 Å². The van der Waals surface area contributed by atoms with E-state index in [1.165, 1.54) is 5.56 Å². The van der Waals surface area contributed by atoms with Crippen LogP contribution in [0.25, 0.3) is 5.03 Å². The molecule has 0 aromatic heterocycles. The van der Waals surface area contributed by atoms with Gasteiger partial charge in [0, 0.05) is 11.2 Å². The first-order valence-corrected chi connectivity index (χ1v) is 6.68. The van der Waals surface area contributed by atoms with Crippen LogP contribution in [0.3, 0.4) is 0 Å². The van der Waals surface area contributed by atoms with Crippen LogP contribution in [0.1, 0.15) is 11.1 Å². The number of rotatable bonds is 4. The fraction of sp³-hybridized carbons (Fsp3) is 0.118. The van der Waals surface area contributed by atoms with E-state index in [1.807, 2.05) is 55.5 Å². The number of ether oxygens (including phenoxy) is 1. The smallest absolute Gasteiger partial charge is 0.119 e. The largest absolute Gasteiger partial charge is 0.497 e. The summed E-state index contributed by atoms with van der Waals surface area (Å²) in [6.07, 6.45) is 3.49. The van der Waals surface area contributed by atoms with Gasteiger partial charge in [-0.1, -0.05) is 41.4 Å². The standard InChI is InChI=1S/C17H16ClNO/c1-13-3-5-14(6-4-13)17(18)11-12-19-15-7-9-16(20-2)10-8-15/h3-12H,1-2H3/b17-11-,19-12?. The molecule has 0 saturated heterocycles. The van der Waals surface area contributed by atoms with E-state index in [0.29, 0.717) is 5.03 Å². The van der Waals surface area contributed by atoms with Crippen molar-refractivity contribution in [3.8, 4) is 5.75 Å². The molecule has 0 atom stereocenters. The minimum Gasteiger partial charge on any atom is -0.497 e. The second-order valence-electron chi connectivity index (χ2n) is 4.36. The molecule has 2 nitrogen and oxygen atoms in total. The van der Waals surface area contributed by atoms with Gasteiger partial charge >= 0.3 is 0 Å². The molecule has 0 fully saturated rings. The maximum Gasteiger partial charge on any atom is 0.119 e. The first-order chi connectivity index (χ1) is 9.69. The third kappa shape index (κ3) is 3.97. The Balaban J connectivity index is 2.06. The highest BCUT2D eigenvalue weighted by atomic mass is 35.5. The predicted molar refractivity (Wildman–Crippen MR) is 86.2 cm³/mol. The van der Waals surface area contributed by atoms with E-state index in [1.54, 1.807) is 19.4 Å². The Kier molecular flexibility index (Phi) is 4.97. The third-order valence-corrected chi connectivity index (χ3v) is 3.19. The summed E-state index contributed by atoms with van der Waals surface area (Å²) in [7, 11) is 1.64. The number of hydrogen-bond donors (Lipinski definition) is 0. The van der Waals surface area contributed by atoms with Gasteiger partial charge in [0.15, 0.2) is 0 Å².